The Kier molecular flexibility index (Phi) is 5.77. The molecule has 37 heavy (non-hydrogen) atoms. The smallest absolute Gasteiger partial charge is 0.278 e. The van der Waals surface area contributed by atoms with Gasteiger partial charge in [0, 0.05) is 30.7 Å². The highest BCUT2D eigenvalue weighted by Crippen LogP contribution is 2.35. The second-order valence-corrected chi connectivity index (χ2v) is 9.64. The number of aliphatic hydroxyl groups is 1. The molecule has 0 saturated carbocycles. The van der Waals surface area contributed by atoms with Crippen molar-refractivity contribution in [3.63, 3.8) is 0 Å². The van der Waals surface area contributed by atoms with Crippen LogP contribution in [-0.2, 0) is 23.3 Å². The minimum Gasteiger partial charge on any atom is -0.384 e. The van der Waals surface area contributed by atoms with E-state index in [2.05, 4.69) is 33.9 Å². The molecule has 6 rings (SSSR count). The molecule has 0 bridgehead atoms. The molecule has 10 heteroatoms. The predicted molar refractivity (Wildman–Crippen MR) is 142 cm³/mol. The summed E-state index contributed by atoms with van der Waals surface area (Å²) in [5.74, 6) is 0.874. The molecule has 1 aliphatic carbocycles. The lowest BCUT2D eigenvalue weighted by atomic mass is 10.0. The number of fused-ring (bicyclic) bond motifs is 2. The van der Waals surface area contributed by atoms with E-state index in [1.54, 1.807) is 17.7 Å². The zero-order valence-corrected chi connectivity index (χ0v) is 20.7. The van der Waals surface area contributed by atoms with Crippen molar-refractivity contribution in [2.75, 3.05) is 36.5 Å². The van der Waals surface area contributed by atoms with Crippen molar-refractivity contribution in [1.82, 2.24) is 24.3 Å². The Bertz CT molecular complexity index is 1530. The largest absolute Gasteiger partial charge is 0.384 e. The fourth-order valence-electron chi connectivity index (χ4n) is 5.08. The molecule has 0 radical (unpaired) electrons. The van der Waals surface area contributed by atoms with E-state index in [9.17, 15) is 9.90 Å². The summed E-state index contributed by atoms with van der Waals surface area (Å²) in [6, 6.07) is 11.9. The maximum atomic E-state index is 13.2. The number of pyridine rings is 1. The Morgan fingerprint density at radius 3 is 2.70 bits per heavy atom. The lowest BCUT2D eigenvalue weighted by molar-refractivity contribution is 0.0553. The number of nitrogens with zero attached hydrogens (tertiary/aromatic N) is 6. The quantitative estimate of drug-likeness (QED) is 0.390. The second kappa shape index (κ2) is 9.13. The van der Waals surface area contributed by atoms with Crippen molar-refractivity contribution < 1.29 is 9.84 Å². The van der Waals surface area contributed by atoms with Gasteiger partial charge in [0.1, 0.15) is 11.0 Å². The van der Waals surface area contributed by atoms with Crippen LogP contribution in [0.2, 0.25) is 0 Å². The van der Waals surface area contributed by atoms with Crippen molar-refractivity contribution in [3.05, 3.63) is 76.9 Å². The van der Waals surface area contributed by atoms with Crippen molar-refractivity contribution in [2.45, 2.75) is 31.9 Å². The van der Waals surface area contributed by atoms with Crippen molar-refractivity contribution in [2.24, 2.45) is 0 Å². The second-order valence-electron chi connectivity index (χ2n) is 9.64. The molecule has 2 N–H and O–H groups in total. The van der Waals surface area contributed by atoms with Gasteiger partial charge in [0.2, 0.25) is 5.95 Å². The molecule has 4 aromatic rings. The SMILES string of the molecule is C=CCn1c(=O)c2cnc(Nc3ccc(N4CCOCC4)cc3)nc2n1-c1ccc2c(n1)C(C)(O)CC2. The van der Waals surface area contributed by atoms with Crippen LogP contribution in [0.25, 0.3) is 16.9 Å². The van der Waals surface area contributed by atoms with Crippen LogP contribution in [0.3, 0.4) is 0 Å². The molecular formula is C27H29N7O3. The first-order chi connectivity index (χ1) is 17.9. The molecule has 10 nitrogen and oxygen atoms in total. The van der Waals surface area contributed by atoms with Crippen LogP contribution in [0, 0.1) is 0 Å². The Morgan fingerprint density at radius 1 is 1.16 bits per heavy atom. The summed E-state index contributed by atoms with van der Waals surface area (Å²) in [6.45, 7) is 9.06. The Balaban J connectivity index is 1.38. The average molecular weight is 500 g/mol. The van der Waals surface area contributed by atoms with Gasteiger partial charge in [-0.3, -0.25) is 4.79 Å². The maximum absolute atomic E-state index is 13.2. The van der Waals surface area contributed by atoms with Crippen LogP contribution in [0.1, 0.15) is 24.6 Å². The standard InChI is InChI=1S/C27H29N7O3/c1-3-12-33-25(35)21-17-28-26(29-19-5-7-20(8-6-19)32-13-15-37-16-14-32)31-24(21)34(33)22-9-4-18-10-11-27(2,36)23(18)30-22/h3-9,17,36H,1,10-16H2,2H3,(H,28,29,31). The topological polar surface area (TPSA) is 110 Å². The van der Waals surface area contributed by atoms with Crippen LogP contribution in [0.4, 0.5) is 17.3 Å². The highest BCUT2D eigenvalue weighted by Gasteiger charge is 2.34. The summed E-state index contributed by atoms with van der Waals surface area (Å²) in [5.41, 5.74) is 2.82. The number of allylic oxidation sites excluding steroid dienone is 1. The number of rotatable bonds is 6. The molecule has 0 amide bonds. The number of benzene rings is 1. The highest BCUT2D eigenvalue weighted by molar-refractivity contribution is 5.77. The van der Waals surface area contributed by atoms with Gasteiger partial charge in [0.05, 0.1) is 25.5 Å². The number of aryl methyl sites for hydroxylation is 1. The molecular weight excluding hydrogens is 470 g/mol. The van der Waals surface area contributed by atoms with Gasteiger partial charge < -0.3 is 20.1 Å². The van der Waals surface area contributed by atoms with Gasteiger partial charge in [-0.05, 0) is 55.7 Å². The van der Waals surface area contributed by atoms with Crippen molar-refractivity contribution in [1.29, 1.82) is 0 Å². The van der Waals surface area contributed by atoms with Crippen LogP contribution in [-0.4, -0.2) is 55.7 Å². The molecule has 0 spiro atoms. The molecule has 1 aromatic carbocycles. The van der Waals surface area contributed by atoms with Crippen LogP contribution >= 0.6 is 0 Å². The number of nitrogens with one attached hydrogen (secondary N) is 1. The minimum absolute atomic E-state index is 0.231. The monoisotopic (exact) mass is 499 g/mol. The van der Waals surface area contributed by atoms with Gasteiger partial charge >= 0.3 is 0 Å². The van der Waals surface area contributed by atoms with Crippen LogP contribution in [0.5, 0.6) is 0 Å². The summed E-state index contributed by atoms with van der Waals surface area (Å²) in [4.78, 5) is 29.4. The first-order valence-electron chi connectivity index (χ1n) is 12.5. The summed E-state index contributed by atoms with van der Waals surface area (Å²) in [6.07, 6.45) is 4.57. The average Bonchev–Trinajstić information content (AvgIpc) is 3.37. The van der Waals surface area contributed by atoms with E-state index in [-0.39, 0.29) is 12.1 Å². The summed E-state index contributed by atoms with van der Waals surface area (Å²) in [5, 5.41) is 14.4. The van der Waals surface area contributed by atoms with Crippen LogP contribution < -0.4 is 15.8 Å². The van der Waals surface area contributed by atoms with Gasteiger partial charge in [-0.25, -0.2) is 19.3 Å². The molecule has 1 unspecified atom stereocenters. The molecule has 3 aromatic heterocycles. The zero-order chi connectivity index (χ0) is 25.6. The van der Waals surface area contributed by atoms with Gasteiger partial charge in [-0.15, -0.1) is 6.58 Å². The third-order valence-electron chi connectivity index (χ3n) is 7.05. The van der Waals surface area contributed by atoms with Crippen molar-refractivity contribution in [3.8, 4) is 5.82 Å². The van der Waals surface area contributed by atoms with Gasteiger partial charge in [0.25, 0.3) is 5.56 Å². The summed E-state index contributed by atoms with van der Waals surface area (Å²) < 4.78 is 8.66. The van der Waals surface area contributed by atoms with Crippen molar-refractivity contribution >= 4 is 28.4 Å². The number of hydrogen-bond donors (Lipinski definition) is 2. The van der Waals surface area contributed by atoms with E-state index in [0.717, 1.165) is 49.7 Å². The molecule has 1 atom stereocenters. The van der Waals surface area contributed by atoms with Crippen LogP contribution in [0.15, 0.2) is 60.0 Å². The van der Waals surface area contributed by atoms with E-state index in [1.165, 1.54) is 10.9 Å². The predicted octanol–water partition coefficient (Wildman–Crippen LogP) is 2.90. The van der Waals surface area contributed by atoms with E-state index < -0.39 is 5.60 Å². The minimum atomic E-state index is -1.01. The lowest BCUT2D eigenvalue weighted by Gasteiger charge is -2.28. The number of ether oxygens (including phenoxy) is 1. The highest BCUT2D eigenvalue weighted by atomic mass is 16.5. The van der Waals surface area contributed by atoms with Gasteiger partial charge in [0.15, 0.2) is 11.5 Å². The van der Waals surface area contributed by atoms with E-state index in [0.29, 0.717) is 34.9 Å². The molecule has 190 valence electrons. The molecule has 1 saturated heterocycles. The Hall–Kier alpha value is -4.02. The van der Waals surface area contributed by atoms with E-state index >= 15 is 0 Å². The number of hydrogen-bond acceptors (Lipinski definition) is 8. The third-order valence-corrected chi connectivity index (χ3v) is 7.05. The van der Waals surface area contributed by atoms with E-state index in [4.69, 9.17) is 14.7 Å². The Labute approximate surface area is 213 Å². The van der Waals surface area contributed by atoms with Gasteiger partial charge in [-0.2, -0.15) is 4.98 Å². The molecule has 2 aliphatic rings. The first kappa shape index (κ1) is 23.4. The number of anilines is 3. The lowest BCUT2D eigenvalue weighted by Crippen LogP contribution is -2.36. The number of aromatic nitrogens is 5. The van der Waals surface area contributed by atoms with Gasteiger partial charge in [-0.1, -0.05) is 12.1 Å². The molecule has 1 aliphatic heterocycles. The van der Waals surface area contributed by atoms with E-state index in [1.807, 2.05) is 24.3 Å². The number of morpholine rings is 1. The first-order valence-corrected chi connectivity index (χ1v) is 12.5. The fraction of sp³-hybridized carbons (Fsp3) is 0.333. The third kappa shape index (κ3) is 4.17. The summed E-state index contributed by atoms with van der Waals surface area (Å²) in [7, 11) is 0. The Morgan fingerprint density at radius 2 is 1.95 bits per heavy atom. The molecule has 4 heterocycles. The maximum Gasteiger partial charge on any atom is 0.278 e. The molecule has 1 fully saturated rings. The zero-order valence-electron chi connectivity index (χ0n) is 20.7. The fourth-order valence-corrected chi connectivity index (χ4v) is 5.08. The summed E-state index contributed by atoms with van der Waals surface area (Å²) >= 11 is 0. The normalized spacial score (nSPS) is 19.2.